The number of benzene rings is 1. The van der Waals surface area contributed by atoms with Gasteiger partial charge in [-0.25, -0.2) is 0 Å². The Kier molecular flexibility index (Phi) is 6.24. The van der Waals surface area contributed by atoms with E-state index < -0.39 is 18.6 Å². The second kappa shape index (κ2) is 7.73. The van der Waals surface area contributed by atoms with Gasteiger partial charge in [0.25, 0.3) is 5.91 Å². The summed E-state index contributed by atoms with van der Waals surface area (Å²) < 4.78 is 0. The van der Waals surface area contributed by atoms with Crippen molar-refractivity contribution >= 4 is 23.6 Å². The second-order valence-electron chi connectivity index (χ2n) is 3.79. The van der Waals surface area contributed by atoms with Gasteiger partial charge in [-0.2, -0.15) is 11.8 Å². The van der Waals surface area contributed by atoms with Crippen molar-refractivity contribution in [3.8, 4) is 0 Å². The first-order valence-corrected chi connectivity index (χ1v) is 6.67. The van der Waals surface area contributed by atoms with E-state index in [0.717, 1.165) is 5.75 Å². The number of carboxylic acid groups (broad SMARTS) is 1. The summed E-state index contributed by atoms with van der Waals surface area (Å²) in [4.78, 5) is 21.6. The van der Waals surface area contributed by atoms with Crippen LogP contribution in [0.4, 0.5) is 0 Å². The molecule has 0 aliphatic carbocycles. The summed E-state index contributed by atoms with van der Waals surface area (Å²) in [6.45, 7) is -0.464. The van der Waals surface area contributed by atoms with Gasteiger partial charge < -0.3 is 21.0 Å². The molecule has 0 saturated carbocycles. The maximum absolute atomic E-state index is 11.4. The molecule has 5 nitrogen and oxygen atoms in total. The minimum atomic E-state index is -1.30. The Morgan fingerprint density at radius 2 is 2.00 bits per heavy atom. The zero-order chi connectivity index (χ0) is 13.4. The van der Waals surface area contributed by atoms with Gasteiger partial charge in [-0.15, -0.1) is 0 Å². The lowest BCUT2D eigenvalue weighted by Crippen LogP contribution is -2.69. The zero-order valence-electron chi connectivity index (χ0n) is 9.93. The highest BCUT2D eigenvalue weighted by molar-refractivity contribution is 7.98. The van der Waals surface area contributed by atoms with Crippen LogP contribution in [0.1, 0.15) is 5.56 Å². The fourth-order valence-electron chi connectivity index (χ4n) is 1.27. The van der Waals surface area contributed by atoms with E-state index in [1.54, 1.807) is 11.8 Å². The highest BCUT2D eigenvalue weighted by atomic mass is 32.2. The third-order valence-electron chi connectivity index (χ3n) is 2.21. The zero-order valence-corrected chi connectivity index (χ0v) is 10.7. The molecule has 1 amide bonds. The van der Waals surface area contributed by atoms with Crippen LogP contribution in [0.15, 0.2) is 30.3 Å². The number of thioether (sulfide) groups is 1. The van der Waals surface area contributed by atoms with Gasteiger partial charge in [0.2, 0.25) is 0 Å². The molecule has 1 aromatic carbocycles. The molecular formula is C12H16N2O3S. The van der Waals surface area contributed by atoms with Crippen LogP contribution in [0.3, 0.4) is 0 Å². The summed E-state index contributed by atoms with van der Waals surface area (Å²) in [7, 11) is 0. The first-order valence-electron chi connectivity index (χ1n) is 5.52. The number of carbonyl (C=O) groups is 2. The number of carbonyl (C=O) groups excluding carboxylic acids is 2. The van der Waals surface area contributed by atoms with Crippen molar-refractivity contribution in [3.05, 3.63) is 35.9 Å². The first kappa shape index (κ1) is 14.5. The molecule has 0 heterocycles. The third-order valence-corrected chi connectivity index (χ3v) is 3.38. The van der Waals surface area contributed by atoms with Gasteiger partial charge >= 0.3 is 0 Å². The van der Waals surface area contributed by atoms with E-state index in [1.807, 2.05) is 30.3 Å². The minimum absolute atomic E-state index is 0.361. The fourth-order valence-corrected chi connectivity index (χ4v) is 2.25. The van der Waals surface area contributed by atoms with E-state index in [0.29, 0.717) is 5.75 Å². The van der Waals surface area contributed by atoms with Crippen molar-refractivity contribution < 1.29 is 20.4 Å². The van der Waals surface area contributed by atoms with Gasteiger partial charge in [0.05, 0.1) is 18.3 Å². The normalized spacial score (nSPS) is 11.8. The topological polar surface area (TPSA) is 96.9 Å². The number of carboxylic acids is 1. The summed E-state index contributed by atoms with van der Waals surface area (Å²) in [5.41, 5.74) is 4.89. The number of rotatable bonds is 7. The molecule has 98 valence electrons. The molecule has 1 aromatic rings. The summed E-state index contributed by atoms with van der Waals surface area (Å²) >= 11 is 1.59. The van der Waals surface area contributed by atoms with Gasteiger partial charge in [0.1, 0.15) is 0 Å². The van der Waals surface area contributed by atoms with E-state index in [9.17, 15) is 14.7 Å². The van der Waals surface area contributed by atoms with Gasteiger partial charge in [0, 0.05) is 5.75 Å². The van der Waals surface area contributed by atoms with Gasteiger partial charge in [0.15, 0.2) is 6.04 Å². The lowest BCUT2D eigenvalue weighted by molar-refractivity contribution is -0.396. The van der Waals surface area contributed by atoms with E-state index in [-0.39, 0.29) is 5.91 Å². The fraction of sp³-hybridized carbons (Fsp3) is 0.333. The quantitative estimate of drug-likeness (QED) is 0.622. The lowest BCUT2D eigenvalue weighted by Gasteiger charge is -2.09. The van der Waals surface area contributed by atoms with Crippen LogP contribution in [-0.2, 0) is 15.3 Å². The Morgan fingerprint density at radius 1 is 1.33 bits per heavy atom. The Bertz CT molecular complexity index is 398. The molecular weight excluding hydrogens is 252 g/mol. The highest BCUT2D eigenvalue weighted by Crippen LogP contribution is 2.11. The number of hydrogen-bond acceptors (Lipinski definition) is 4. The summed E-state index contributed by atoms with van der Waals surface area (Å²) in [5.74, 6) is -0.304. The average Bonchev–Trinajstić information content (AvgIpc) is 2.37. The number of quaternary nitrogens is 1. The van der Waals surface area contributed by atoms with Crippen LogP contribution in [0.5, 0.6) is 0 Å². The van der Waals surface area contributed by atoms with Crippen molar-refractivity contribution in [3.63, 3.8) is 0 Å². The molecule has 18 heavy (non-hydrogen) atoms. The first-order chi connectivity index (χ1) is 8.59. The van der Waals surface area contributed by atoms with Crippen LogP contribution < -0.4 is 16.2 Å². The van der Waals surface area contributed by atoms with Crippen molar-refractivity contribution in [1.29, 1.82) is 0 Å². The van der Waals surface area contributed by atoms with E-state index >= 15 is 0 Å². The predicted molar refractivity (Wildman–Crippen MR) is 67.3 cm³/mol. The third kappa shape index (κ3) is 5.70. The van der Waals surface area contributed by atoms with Gasteiger partial charge in [-0.1, -0.05) is 30.3 Å². The average molecular weight is 268 g/mol. The van der Waals surface area contributed by atoms with Crippen molar-refractivity contribution in [2.24, 2.45) is 0 Å². The van der Waals surface area contributed by atoms with E-state index in [2.05, 4.69) is 11.1 Å². The molecule has 0 aromatic heterocycles. The Hall–Kier alpha value is -1.53. The molecule has 0 spiro atoms. The van der Waals surface area contributed by atoms with Gasteiger partial charge in [-0.3, -0.25) is 4.79 Å². The van der Waals surface area contributed by atoms with Crippen LogP contribution >= 0.6 is 11.8 Å². The smallest absolute Gasteiger partial charge is 0.279 e. The van der Waals surface area contributed by atoms with Crippen molar-refractivity contribution in [2.75, 3.05) is 12.3 Å². The van der Waals surface area contributed by atoms with Crippen molar-refractivity contribution in [1.82, 2.24) is 5.32 Å². The summed E-state index contributed by atoms with van der Waals surface area (Å²) in [5, 5.41) is 12.4. The highest BCUT2D eigenvalue weighted by Gasteiger charge is 2.16. The number of amides is 1. The molecule has 0 bridgehead atoms. The predicted octanol–water partition coefficient (Wildman–Crippen LogP) is -1.60. The van der Waals surface area contributed by atoms with Crippen LogP contribution in [-0.4, -0.2) is 30.2 Å². The molecule has 1 atom stereocenters. The molecule has 4 N–H and O–H groups in total. The number of hydrogen-bond donors (Lipinski definition) is 2. The Balaban J connectivity index is 2.22. The molecule has 0 saturated heterocycles. The molecule has 0 unspecified atom stereocenters. The molecule has 1 rings (SSSR count). The molecule has 0 fully saturated rings. The monoisotopic (exact) mass is 268 g/mol. The lowest BCUT2D eigenvalue weighted by atomic mass is 10.2. The Labute approximate surface area is 110 Å². The summed E-state index contributed by atoms with van der Waals surface area (Å²) in [6, 6.07) is 9.45. The van der Waals surface area contributed by atoms with Gasteiger partial charge in [-0.05, 0) is 5.56 Å². The number of nitrogens with one attached hydrogen (secondary N) is 1. The van der Waals surface area contributed by atoms with Crippen LogP contribution in [0, 0.1) is 0 Å². The molecule has 0 aliphatic rings. The van der Waals surface area contributed by atoms with Crippen LogP contribution in [0.25, 0.3) is 0 Å². The molecule has 0 radical (unpaired) electrons. The largest absolute Gasteiger partial charge is 0.548 e. The van der Waals surface area contributed by atoms with E-state index in [4.69, 9.17) is 0 Å². The van der Waals surface area contributed by atoms with Crippen molar-refractivity contribution in [2.45, 2.75) is 11.8 Å². The maximum atomic E-state index is 11.4. The second-order valence-corrected chi connectivity index (χ2v) is 4.82. The Morgan fingerprint density at radius 3 is 2.61 bits per heavy atom. The van der Waals surface area contributed by atoms with Crippen LogP contribution in [0.2, 0.25) is 0 Å². The SMILES string of the molecule is [NH3+][C@@H](CSCc1ccccc1)C(=O)NCC(=O)[O-]. The number of aliphatic carboxylic acids is 1. The maximum Gasteiger partial charge on any atom is 0.279 e. The standard InChI is InChI=1S/C12H16N2O3S/c13-10(12(17)14-6-11(15)16)8-18-7-9-4-2-1-3-5-9/h1-5,10H,6-8,13H2,(H,14,17)(H,15,16)/t10-/m0/s1. The summed E-state index contributed by atoms with van der Waals surface area (Å²) in [6.07, 6.45) is 0. The van der Waals surface area contributed by atoms with E-state index in [1.165, 1.54) is 5.56 Å². The molecule has 6 heteroatoms. The minimum Gasteiger partial charge on any atom is -0.548 e. The molecule has 0 aliphatic heterocycles.